The smallest absolute Gasteiger partial charge is 0.333 e. The van der Waals surface area contributed by atoms with Crippen molar-refractivity contribution < 1.29 is 19.4 Å². The standard InChI is InChI=1S/C21H28IN3O4/c22-14-7-9-15(10-8-14)24-21(28)25-23-13-17-16(18-11-12-19(17)29-18)5-3-1-2-4-6-20(26)27/h1,3,7-10,16-19,23H,2,4-6,11-13H2,(H,26,27)(H2,24,25,28)/b3-1-/t16-,17+,18+,19-/m1/s1. The molecule has 0 saturated carbocycles. The highest BCUT2D eigenvalue weighted by Crippen LogP contribution is 2.44. The van der Waals surface area contributed by atoms with Gasteiger partial charge in [-0.05, 0) is 84.9 Å². The maximum atomic E-state index is 12.1. The number of hydrogen-bond acceptors (Lipinski definition) is 4. The molecule has 2 aliphatic rings. The number of carbonyl (C=O) groups is 2. The largest absolute Gasteiger partial charge is 0.481 e. The van der Waals surface area contributed by atoms with E-state index in [4.69, 9.17) is 9.84 Å². The minimum atomic E-state index is -0.746. The number of nitrogens with one attached hydrogen (secondary N) is 3. The highest BCUT2D eigenvalue weighted by atomic mass is 127. The number of hydrogen-bond donors (Lipinski definition) is 4. The molecule has 0 aromatic heterocycles. The summed E-state index contributed by atoms with van der Waals surface area (Å²) < 4.78 is 7.21. The highest BCUT2D eigenvalue weighted by Gasteiger charge is 2.47. The summed E-state index contributed by atoms with van der Waals surface area (Å²) >= 11 is 2.22. The van der Waals surface area contributed by atoms with Crippen LogP contribution in [0.4, 0.5) is 10.5 Å². The summed E-state index contributed by atoms with van der Waals surface area (Å²) in [5.41, 5.74) is 6.53. The van der Waals surface area contributed by atoms with Crippen LogP contribution in [0.2, 0.25) is 0 Å². The summed E-state index contributed by atoms with van der Waals surface area (Å²) in [6.45, 7) is 0.665. The minimum Gasteiger partial charge on any atom is -0.481 e. The van der Waals surface area contributed by atoms with Gasteiger partial charge in [0.25, 0.3) is 0 Å². The number of carboxylic acid groups (broad SMARTS) is 1. The molecule has 0 aliphatic carbocycles. The zero-order valence-corrected chi connectivity index (χ0v) is 18.4. The molecule has 8 heteroatoms. The number of urea groups is 1. The Morgan fingerprint density at radius 3 is 2.59 bits per heavy atom. The van der Waals surface area contributed by atoms with Crippen LogP contribution in [-0.2, 0) is 9.53 Å². The van der Waals surface area contributed by atoms with Crippen LogP contribution in [0.25, 0.3) is 0 Å². The van der Waals surface area contributed by atoms with Crippen molar-refractivity contribution in [3.63, 3.8) is 0 Å². The first kappa shape index (κ1) is 22.0. The van der Waals surface area contributed by atoms with E-state index in [1.165, 1.54) is 0 Å². The summed E-state index contributed by atoms with van der Waals surface area (Å²) in [4.78, 5) is 22.6. The molecule has 2 bridgehead atoms. The van der Waals surface area contributed by atoms with Crippen LogP contribution in [0.3, 0.4) is 0 Å². The Bertz CT molecular complexity index is 725. The van der Waals surface area contributed by atoms with Gasteiger partial charge in [-0.2, -0.15) is 0 Å². The van der Waals surface area contributed by atoms with E-state index in [9.17, 15) is 9.59 Å². The van der Waals surface area contributed by atoms with Crippen molar-refractivity contribution >= 4 is 40.3 Å². The molecule has 2 heterocycles. The maximum absolute atomic E-state index is 12.1. The molecule has 2 amide bonds. The van der Waals surface area contributed by atoms with Crippen molar-refractivity contribution in [3.05, 3.63) is 40.0 Å². The summed E-state index contributed by atoms with van der Waals surface area (Å²) in [5.74, 6) is 0.0404. The van der Waals surface area contributed by atoms with Crippen molar-refractivity contribution in [1.82, 2.24) is 10.9 Å². The summed E-state index contributed by atoms with van der Waals surface area (Å²) in [7, 11) is 0. The first-order chi connectivity index (χ1) is 14.0. The quantitative estimate of drug-likeness (QED) is 0.165. The monoisotopic (exact) mass is 513 g/mol. The Balaban J connectivity index is 1.40. The number of hydrazine groups is 1. The molecule has 158 valence electrons. The van der Waals surface area contributed by atoms with E-state index in [-0.39, 0.29) is 24.7 Å². The first-order valence-corrected chi connectivity index (χ1v) is 11.2. The number of aliphatic carboxylic acids is 1. The Hall–Kier alpha value is -1.65. The first-order valence-electron chi connectivity index (χ1n) is 10.1. The van der Waals surface area contributed by atoms with Crippen LogP contribution in [0, 0.1) is 15.4 Å². The van der Waals surface area contributed by atoms with Gasteiger partial charge in [-0.25, -0.2) is 10.2 Å². The van der Waals surface area contributed by atoms with E-state index in [1.807, 2.05) is 24.3 Å². The third kappa shape index (κ3) is 6.68. The molecule has 29 heavy (non-hydrogen) atoms. The molecule has 2 aliphatic heterocycles. The number of rotatable bonds is 10. The van der Waals surface area contributed by atoms with Crippen LogP contribution < -0.4 is 16.2 Å². The zero-order valence-electron chi connectivity index (χ0n) is 16.3. The second kappa shape index (κ2) is 10.9. The molecule has 2 saturated heterocycles. The SMILES string of the molecule is O=C(O)CCC/C=C\C[C@@H]1[C@H](CNNC(=O)Nc2ccc(I)cc2)[C@H]2CC[C@@H]1O2. The molecule has 2 fully saturated rings. The molecule has 4 atom stereocenters. The number of unbranched alkanes of at least 4 members (excludes halogenated alkanes) is 1. The number of fused-ring (bicyclic) bond motifs is 2. The van der Waals surface area contributed by atoms with Crippen LogP contribution >= 0.6 is 22.6 Å². The lowest BCUT2D eigenvalue weighted by molar-refractivity contribution is -0.137. The van der Waals surface area contributed by atoms with Crippen molar-refractivity contribution in [3.8, 4) is 0 Å². The fourth-order valence-corrected chi connectivity index (χ4v) is 4.53. The predicted octanol–water partition coefficient (Wildman–Crippen LogP) is 3.91. The van der Waals surface area contributed by atoms with Gasteiger partial charge in [0.1, 0.15) is 0 Å². The molecule has 4 N–H and O–H groups in total. The molecule has 1 aromatic rings. The van der Waals surface area contributed by atoms with E-state index >= 15 is 0 Å². The Labute approximate surface area is 184 Å². The van der Waals surface area contributed by atoms with Crippen molar-refractivity contribution in [1.29, 1.82) is 0 Å². The van der Waals surface area contributed by atoms with Gasteiger partial charge in [0.15, 0.2) is 0 Å². The second-order valence-electron chi connectivity index (χ2n) is 7.58. The number of allylic oxidation sites excluding steroid dienone is 2. The van der Waals surface area contributed by atoms with E-state index in [1.54, 1.807) is 0 Å². The average Bonchev–Trinajstić information content (AvgIpc) is 3.28. The number of ether oxygens (including phenoxy) is 1. The van der Waals surface area contributed by atoms with E-state index in [0.29, 0.717) is 24.8 Å². The van der Waals surface area contributed by atoms with Gasteiger partial charge in [0.05, 0.1) is 12.2 Å². The predicted molar refractivity (Wildman–Crippen MR) is 119 cm³/mol. The minimum absolute atomic E-state index is 0.212. The lowest BCUT2D eigenvalue weighted by Crippen LogP contribution is -2.45. The van der Waals surface area contributed by atoms with Gasteiger partial charge in [-0.3, -0.25) is 10.2 Å². The van der Waals surface area contributed by atoms with Gasteiger partial charge < -0.3 is 15.2 Å². The van der Waals surface area contributed by atoms with E-state index in [2.05, 4.69) is 50.9 Å². The number of halogens is 1. The highest BCUT2D eigenvalue weighted by molar-refractivity contribution is 14.1. The molecule has 3 rings (SSSR count). The molecule has 7 nitrogen and oxygen atoms in total. The van der Waals surface area contributed by atoms with Crippen LogP contribution in [-0.4, -0.2) is 35.9 Å². The number of amides is 2. The van der Waals surface area contributed by atoms with Gasteiger partial charge in [0, 0.05) is 28.1 Å². The Morgan fingerprint density at radius 2 is 1.86 bits per heavy atom. The molecule has 0 unspecified atom stereocenters. The van der Waals surface area contributed by atoms with Gasteiger partial charge in [-0.15, -0.1) is 0 Å². The Morgan fingerprint density at radius 1 is 1.14 bits per heavy atom. The van der Waals surface area contributed by atoms with E-state index < -0.39 is 5.97 Å². The number of carboxylic acids is 1. The lowest BCUT2D eigenvalue weighted by Gasteiger charge is -2.27. The van der Waals surface area contributed by atoms with Gasteiger partial charge in [0.2, 0.25) is 0 Å². The van der Waals surface area contributed by atoms with Crippen molar-refractivity contribution in [2.45, 2.75) is 50.7 Å². The van der Waals surface area contributed by atoms with Crippen molar-refractivity contribution in [2.75, 3.05) is 11.9 Å². The number of benzene rings is 1. The van der Waals surface area contributed by atoms with E-state index in [0.717, 1.165) is 34.9 Å². The molecule has 0 radical (unpaired) electrons. The topological polar surface area (TPSA) is 99.7 Å². The van der Waals surface area contributed by atoms with Crippen LogP contribution in [0.5, 0.6) is 0 Å². The van der Waals surface area contributed by atoms with Crippen LogP contribution in [0.15, 0.2) is 36.4 Å². The normalized spacial score (nSPS) is 25.4. The summed E-state index contributed by atoms with van der Waals surface area (Å²) in [5, 5.41) is 11.5. The maximum Gasteiger partial charge on any atom is 0.333 e. The van der Waals surface area contributed by atoms with Gasteiger partial charge >= 0.3 is 12.0 Å². The molecular formula is C21H28IN3O4. The number of carbonyl (C=O) groups excluding carboxylic acids is 1. The third-order valence-electron chi connectivity index (χ3n) is 5.57. The van der Waals surface area contributed by atoms with Gasteiger partial charge in [-0.1, -0.05) is 12.2 Å². The second-order valence-corrected chi connectivity index (χ2v) is 8.82. The zero-order chi connectivity index (χ0) is 20.6. The fraction of sp³-hybridized carbons (Fsp3) is 0.524. The lowest BCUT2D eigenvalue weighted by atomic mass is 9.77. The van der Waals surface area contributed by atoms with Crippen LogP contribution in [0.1, 0.15) is 38.5 Å². The third-order valence-corrected chi connectivity index (χ3v) is 6.29. The molecular weight excluding hydrogens is 485 g/mol. The average molecular weight is 513 g/mol. The number of anilines is 1. The molecule has 0 spiro atoms. The summed E-state index contributed by atoms with van der Waals surface area (Å²) in [6.07, 6.45) is 9.53. The summed E-state index contributed by atoms with van der Waals surface area (Å²) in [6, 6.07) is 7.32. The fourth-order valence-electron chi connectivity index (χ4n) is 4.17. The Kier molecular flexibility index (Phi) is 8.31. The van der Waals surface area contributed by atoms with Crippen molar-refractivity contribution in [2.24, 2.45) is 11.8 Å². The molecule has 1 aromatic carbocycles.